The quantitative estimate of drug-likeness (QED) is 0.418. The fourth-order valence-electron chi connectivity index (χ4n) is 5.31. The number of carbonyl (C=O) groups is 1. The average Bonchev–Trinajstić information content (AvgIpc) is 3.31. The fourth-order valence-corrected chi connectivity index (χ4v) is 5.31. The number of hydrogen-bond donors (Lipinski definition) is 1. The molecule has 0 unspecified atom stereocenters. The van der Waals surface area contributed by atoms with Gasteiger partial charge in [0.2, 0.25) is 11.9 Å². The first kappa shape index (κ1) is 23.2. The molecule has 4 aromatic rings. The lowest BCUT2D eigenvalue weighted by Crippen LogP contribution is -2.48. The molecular formula is C29H29N7O. The van der Waals surface area contributed by atoms with Crippen molar-refractivity contribution in [3.05, 3.63) is 66.6 Å². The highest BCUT2D eigenvalue weighted by Crippen LogP contribution is 2.30. The van der Waals surface area contributed by atoms with E-state index in [-0.39, 0.29) is 18.4 Å². The molecule has 2 aromatic carbocycles. The standard InChI is InChI=1S/C29H29N7O/c30-14-12-25-18-32-27(23-11-10-20-5-1-2-6-22(20)17-23)36(25)26-13-15-31-29(34-26)33-24-9-4-16-35(19-24)28(37)21-7-3-8-21/h1-2,5-6,10-11,13,15,17-18,21,24H,3-4,7-9,12,16,19H2,(H,31,33,34)/t24-/m0/s1. The van der Waals surface area contributed by atoms with E-state index in [0.717, 1.165) is 66.5 Å². The molecule has 8 heteroatoms. The molecule has 2 aliphatic rings. The summed E-state index contributed by atoms with van der Waals surface area (Å²) in [6, 6.07) is 18.6. The highest BCUT2D eigenvalue weighted by Gasteiger charge is 2.32. The van der Waals surface area contributed by atoms with Crippen LogP contribution in [0.2, 0.25) is 0 Å². The number of nitriles is 1. The zero-order valence-electron chi connectivity index (χ0n) is 20.7. The van der Waals surface area contributed by atoms with Gasteiger partial charge in [0.15, 0.2) is 0 Å². The fraction of sp³-hybridized carbons (Fsp3) is 0.345. The summed E-state index contributed by atoms with van der Waals surface area (Å²) >= 11 is 0. The molecule has 186 valence electrons. The molecule has 0 radical (unpaired) electrons. The smallest absolute Gasteiger partial charge is 0.225 e. The number of nitrogens with zero attached hydrogens (tertiary/aromatic N) is 6. The van der Waals surface area contributed by atoms with Gasteiger partial charge in [0.05, 0.1) is 24.4 Å². The number of nitrogens with one attached hydrogen (secondary N) is 1. The minimum atomic E-state index is 0.106. The highest BCUT2D eigenvalue weighted by atomic mass is 16.2. The van der Waals surface area contributed by atoms with Gasteiger partial charge in [-0.1, -0.05) is 42.8 Å². The van der Waals surface area contributed by atoms with Crippen molar-refractivity contribution in [3.63, 3.8) is 0 Å². The Labute approximate surface area is 216 Å². The third kappa shape index (κ3) is 4.65. The van der Waals surface area contributed by atoms with Gasteiger partial charge in [-0.05, 0) is 48.6 Å². The Morgan fingerprint density at radius 2 is 1.92 bits per heavy atom. The van der Waals surface area contributed by atoms with E-state index < -0.39 is 0 Å². The minimum Gasteiger partial charge on any atom is -0.350 e. The number of fused-ring (bicyclic) bond motifs is 1. The van der Waals surface area contributed by atoms with Crippen LogP contribution in [0.15, 0.2) is 60.9 Å². The van der Waals surface area contributed by atoms with Gasteiger partial charge in [0.25, 0.3) is 0 Å². The number of benzene rings is 2. The van der Waals surface area contributed by atoms with Crippen LogP contribution in [0, 0.1) is 17.2 Å². The zero-order chi connectivity index (χ0) is 25.2. The van der Waals surface area contributed by atoms with Gasteiger partial charge in [0, 0.05) is 36.8 Å². The van der Waals surface area contributed by atoms with Gasteiger partial charge in [-0.2, -0.15) is 10.2 Å². The zero-order valence-corrected chi connectivity index (χ0v) is 20.7. The summed E-state index contributed by atoms with van der Waals surface area (Å²) in [6.45, 7) is 1.51. The van der Waals surface area contributed by atoms with Crippen LogP contribution >= 0.6 is 0 Å². The number of hydrogen-bond acceptors (Lipinski definition) is 6. The van der Waals surface area contributed by atoms with E-state index in [2.05, 4.69) is 45.6 Å². The molecule has 8 nitrogen and oxygen atoms in total. The van der Waals surface area contributed by atoms with E-state index in [1.165, 1.54) is 0 Å². The Kier molecular flexibility index (Phi) is 6.27. The molecule has 1 saturated carbocycles. The Balaban J connectivity index is 1.28. The topological polar surface area (TPSA) is 99.7 Å². The molecule has 37 heavy (non-hydrogen) atoms. The van der Waals surface area contributed by atoms with Gasteiger partial charge in [-0.25, -0.2) is 9.97 Å². The van der Waals surface area contributed by atoms with Crippen molar-refractivity contribution in [3.8, 4) is 23.3 Å². The monoisotopic (exact) mass is 491 g/mol. The average molecular weight is 492 g/mol. The van der Waals surface area contributed by atoms with Crippen LogP contribution in [-0.4, -0.2) is 49.5 Å². The third-order valence-electron chi connectivity index (χ3n) is 7.49. The maximum Gasteiger partial charge on any atom is 0.225 e. The predicted molar refractivity (Wildman–Crippen MR) is 142 cm³/mol. The van der Waals surface area contributed by atoms with Crippen molar-refractivity contribution in [2.45, 2.75) is 44.6 Å². The number of piperidine rings is 1. The minimum absolute atomic E-state index is 0.106. The first-order valence-electron chi connectivity index (χ1n) is 13.0. The molecule has 1 amide bonds. The van der Waals surface area contributed by atoms with Gasteiger partial charge < -0.3 is 10.2 Å². The summed E-state index contributed by atoms with van der Waals surface area (Å²) in [5.41, 5.74) is 1.72. The Morgan fingerprint density at radius 1 is 1.05 bits per heavy atom. The molecule has 0 bridgehead atoms. The van der Waals surface area contributed by atoms with Crippen molar-refractivity contribution in [1.29, 1.82) is 5.26 Å². The SMILES string of the molecule is N#CCc1cnc(-c2ccc3ccccc3c2)n1-c1ccnc(N[C@H]2CCCN(C(=O)C3CCC3)C2)n1. The lowest BCUT2D eigenvalue weighted by Gasteiger charge is -2.37. The van der Waals surface area contributed by atoms with E-state index >= 15 is 0 Å². The van der Waals surface area contributed by atoms with E-state index in [1.807, 2.05) is 33.7 Å². The Morgan fingerprint density at radius 3 is 2.73 bits per heavy atom. The van der Waals surface area contributed by atoms with Gasteiger partial charge >= 0.3 is 0 Å². The van der Waals surface area contributed by atoms with Gasteiger partial charge in [-0.3, -0.25) is 9.36 Å². The first-order chi connectivity index (χ1) is 18.2. The molecule has 0 spiro atoms. The van der Waals surface area contributed by atoms with Crippen LogP contribution in [0.25, 0.3) is 28.0 Å². The van der Waals surface area contributed by atoms with Crippen LogP contribution in [0.1, 0.15) is 37.8 Å². The number of likely N-dealkylation sites (tertiary alicyclic amines) is 1. The molecule has 1 aliphatic heterocycles. The van der Waals surface area contributed by atoms with Crippen molar-refractivity contribution < 1.29 is 4.79 Å². The number of carbonyl (C=O) groups excluding carboxylic acids is 1. The summed E-state index contributed by atoms with van der Waals surface area (Å²) in [4.78, 5) is 28.7. The molecule has 3 heterocycles. The lowest BCUT2D eigenvalue weighted by atomic mass is 9.84. The maximum absolute atomic E-state index is 12.8. The predicted octanol–water partition coefficient (Wildman–Crippen LogP) is 4.75. The number of amides is 1. The molecule has 1 atom stereocenters. The molecule has 1 N–H and O–H groups in total. The molecule has 1 saturated heterocycles. The van der Waals surface area contributed by atoms with Crippen LogP contribution in [0.3, 0.4) is 0 Å². The highest BCUT2D eigenvalue weighted by molar-refractivity contribution is 5.86. The normalized spacial score (nSPS) is 17.8. The summed E-state index contributed by atoms with van der Waals surface area (Å²) in [5, 5.41) is 15.2. The summed E-state index contributed by atoms with van der Waals surface area (Å²) in [7, 11) is 0. The number of aromatic nitrogens is 4. The van der Waals surface area contributed by atoms with Crippen LogP contribution in [0.5, 0.6) is 0 Å². The van der Waals surface area contributed by atoms with Gasteiger partial charge in [-0.15, -0.1) is 0 Å². The summed E-state index contributed by atoms with van der Waals surface area (Å²) in [6.07, 6.45) is 8.83. The second-order valence-electron chi connectivity index (χ2n) is 9.94. The lowest BCUT2D eigenvalue weighted by molar-refractivity contribution is -0.139. The van der Waals surface area contributed by atoms with Crippen molar-refractivity contribution in [1.82, 2.24) is 24.4 Å². The Hall–Kier alpha value is -4.25. The largest absolute Gasteiger partial charge is 0.350 e. The molecule has 1 aliphatic carbocycles. The summed E-state index contributed by atoms with van der Waals surface area (Å²) in [5.74, 6) is 2.41. The molecular weight excluding hydrogens is 462 g/mol. The first-order valence-corrected chi connectivity index (χ1v) is 13.0. The van der Waals surface area contributed by atoms with Crippen LogP contribution in [0.4, 0.5) is 5.95 Å². The molecule has 2 aromatic heterocycles. The summed E-state index contributed by atoms with van der Waals surface area (Å²) < 4.78 is 1.94. The van der Waals surface area contributed by atoms with E-state index in [4.69, 9.17) is 4.98 Å². The molecule has 6 rings (SSSR count). The van der Waals surface area contributed by atoms with Crippen LogP contribution in [-0.2, 0) is 11.2 Å². The van der Waals surface area contributed by atoms with Gasteiger partial charge in [0.1, 0.15) is 11.6 Å². The number of anilines is 1. The second kappa shape index (κ2) is 10.0. The number of rotatable bonds is 6. The second-order valence-corrected chi connectivity index (χ2v) is 9.94. The Bertz CT molecular complexity index is 1480. The van der Waals surface area contributed by atoms with Crippen molar-refractivity contribution in [2.75, 3.05) is 18.4 Å². The van der Waals surface area contributed by atoms with E-state index in [9.17, 15) is 10.1 Å². The van der Waals surface area contributed by atoms with Crippen LogP contribution < -0.4 is 5.32 Å². The molecule has 2 fully saturated rings. The third-order valence-corrected chi connectivity index (χ3v) is 7.49. The van der Waals surface area contributed by atoms with E-state index in [1.54, 1.807) is 12.4 Å². The van der Waals surface area contributed by atoms with E-state index in [0.29, 0.717) is 24.2 Å². The van der Waals surface area contributed by atoms with Crippen molar-refractivity contribution >= 4 is 22.6 Å². The maximum atomic E-state index is 12.8. The number of imidazole rings is 1. The van der Waals surface area contributed by atoms with Crippen molar-refractivity contribution in [2.24, 2.45) is 5.92 Å².